The molecule has 3 rings (SSSR count). The lowest BCUT2D eigenvalue weighted by atomic mass is 9.99. The average Bonchev–Trinajstić information content (AvgIpc) is 3.12. The van der Waals surface area contributed by atoms with Gasteiger partial charge in [0, 0.05) is 26.2 Å². The number of ether oxygens (including phenoxy) is 1. The molecule has 0 saturated carbocycles. The van der Waals surface area contributed by atoms with E-state index in [1.54, 1.807) is 0 Å². The predicted molar refractivity (Wildman–Crippen MR) is 104 cm³/mol. The normalized spacial score (nSPS) is 24.1. The lowest BCUT2D eigenvalue weighted by Gasteiger charge is -2.32. The molecule has 0 aliphatic carbocycles. The average molecular weight is 395 g/mol. The summed E-state index contributed by atoms with van der Waals surface area (Å²) >= 11 is 0. The SMILES string of the molecule is Cc1cc(C)c(S(=O)(=O)N2CCC[C@H](C(=O)NC[C@@H]3CCCO3)C2)c(C)c1. The third-order valence-corrected chi connectivity index (χ3v) is 7.66. The van der Waals surface area contributed by atoms with Gasteiger partial charge in [0.1, 0.15) is 0 Å². The molecule has 2 heterocycles. The number of aryl methyl sites for hydroxylation is 3. The maximum Gasteiger partial charge on any atom is 0.243 e. The van der Waals surface area contributed by atoms with Crippen LogP contribution >= 0.6 is 0 Å². The van der Waals surface area contributed by atoms with Crippen LogP contribution in [-0.4, -0.2) is 51.0 Å². The zero-order valence-corrected chi connectivity index (χ0v) is 17.3. The van der Waals surface area contributed by atoms with Gasteiger partial charge in [-0.2, -0.15) is 4.31 Å². The molecule has 0 spiro atoms. The van der Waals surface area contributed by atoms with Gasteiger partial charge < -0.3 is 10.1 Å². The Labute approximate surface area is 162 Å². The fraction of sp³-hybridized carbons (Fsp3) is 0.650. The molecular weight excluding hydrogens is 364 g/mol. The molecule has 0 radical (unpaired) electrons. The Balaban J connectivity index is 1.70. The molecule has 7 heteroatoms. The summed E-state index contributed by atoms with van der Waals surface area (Å²) in [5.41, 5.74) is 2.57. The molecule has 1 aromatic rings. The first-order valence-corrected chi connectivity index (χ1v) is 11.2. The summed E-state index contributed by atoms with van der Waals surface area (Å²) in [4.78, 5) is 12.9. The number of sulfonamides is 1. The molecule has 1 amide bonds. The van der Waals surface area contributed by atoms with Gasteiger partial charge in [-0.1, -0.05) is 17.7 Å². The van der Waals surface area contributed by atoms with Gasteiger partial charge in [0.15, 0.2) is 0 Å². The highest BCUT2D eigenvalue weighted by atomic mass is 32.2. The summed E-state index contributed by atoms with van der Waals surface area (Å²) in [5.74, 6) is -0.372. The summed E-state index contributed by atoms with van der Waals surface area (Å²) in [6, 6.07) is 3.80. The summed E-state index contributed by atoms with van der Waals surface area (Å²) in [5, 5.41) is 2.95. The molecule has 1 N–H and O–H groups in total. The first kappa shape index (κ1) is 20.3. The standard InChI is InChI=1S/C20H30N2O4S/c1-14-10-15(2)19(16(3)11-14)27(24,25)22-8-4-6-17(13-22)20(23)21-12-18-7-5-9-26-18/h10-11,17-18H,4-9,12-13H2,1-3H3,(H,21,23)/t17-,18-/m0/s1. The maximum atomic E-state index is 13.2. The zero-order chi connectivity index (χ0) is 19.6. The lowest BCUT2D eigenvalue weighted by Crippen LogP contribution is -2.46. The molecule has 1 aromatic carbocycles. The van der Waals surface area contributed by atoms with Gasteiger partial charge in [0.25, 0.3) is 0 Å². The van der Waals surface area contributed by atoms with E-state index >= 15 is 0 Å². The van der Waals surface area contributed by atoms with Gasteiger partial charge in [0.05, 0.1) is 16.9 Å². The van der Waals surface area contributed by atoms with Gasteiger partial charge in [-0.05, 0) is 57.6 Å². The van der Waals surface area contributed by atoms with Crippen molar-refractivity contribution in [2.75, 3.05) is 26.2 Å². The van der Waals surface area contributed by atoms with Gasteiger partial charge in [-0.15, -0.1) is 0 Å². The topological polar surface area (TPSA) is 75.7 Å². The van der Waals surface area contributed by atoms with Crippen molar-refractivity contribution >= 4 is 15.9 Å². The number of carbonyl (C=O) groups is 1. The van der Waals surface area contributed by atoms with Crippen LogP contribution in [0.1, 0.15) is 42.4 Å². The molecule has 6 nitrogen and oxygen atoms in total. The van der Waals surface area contributed by atoms with Crippen molar-refractivity contribution in [3.63, 3.8) is 0 Å². The lowest BCUT2D eigenvalue weighted by molar-refractivity contribution is -0.126. The number of rotatable bonds is 5. The van der Waals surface area contributed by atoms with E-state index in [1.165, 1.54) is 4.31 Å². The summed E-state index contributed by atoms with van der Waals surface area (Å²) in [6.45, 7) is 7.61. The van der Waals surface area contributed by atoms with Crippen LogP contribution in [0.25, 0.3) is 0 Å². The van der Waals surface area contributed by atoms with Crippen molar-refractivity contribution in [1.82, 2.24) is 9.62 Å². The second-order valence-corrected chi connectivity index (χ2v) is 9.69. The molecule has 0 aromatic heterocycles. The number of nitrogens with zero attached hydrogens (tertiary/aromatic N) is 1. The first-order chi connectivity index (χ1) is 12.8. The molecule has 27 heavy (non-hydrogen) atoms. The number of amides is 1. The number of hydrogen-bond acceptors (Lipinski definition) is 4. The monoisotopic (exact) mass is 394 g/mol. The van der Waals surface area contributed by atoms with E-state index in [9.17, 15) is 13.2 Å². The number of nitrogens with one attached hydrogen (secondary N) is 1. The van der Waals surface area contributed by atoms with Crippen molar-refractivity contribution in [3.8, 4) is 0 Å². The number of benzene rings is 1. The van der Waals surface area contributed by atoms with E-state index in [1.807, 2.05) is 32.9 Å². The third kappa shape index (κ3) is 4.52. The van der Waals surface area contributed by atoms with E-state index in [0.29, 0.717) is 24.4 Å². The second kappa shape index (κ2) is 8.29. The minimum absolute atomic E-state index is 0.0669. The Kier molecular flexibility index (Phi) is 6.23. The largest absolute Gasteiger partial charge is 0.376 e. The molecule has 2 saturated heterocycles. The first-order valence-electron chi connectivity index (χ1n) is 9.76. The van der Waals surface area contributed by atoms with Crippen molar-refractivity contribution in [2.24, 2.45) is 5.92 Å². The Morgan fingerprint density at radius 1 is 1.19 bits per heavy atom. The second-order valence-electron chi connectivity index (χ2n) is 7.81. The van der Waals surface area contributed by atoms with Gasteiger partial charge >= 0.3 is 0 Å². The Hall–Kier alpha value is -1.44. The van der Waals surface area contributed by atoms with E-state index in [0.717, 1.165) is 42.6 Å². The molecule has 150 valence electrons. The molecular formula is C20H30N2O4S. The van der Waals surface area contributed by atoms with Crippen LogP contribution in [0.4, 0.5) is 0 Å². The smallest absolute Gasteiger partial charge is 0.243 e. The summed E-state index contributed by atoms with van der Waals surface area (Å²) < 4.78 is 33.5. The zero-order valence-electron chi connectivity index (χ0n) is 16.5. The Morgan fingerprint density at radius 3 is 2.52 bits per heavy atom. The number of carbonyl (C=O) groups excluding carboxylic acids is 1. The Morgan fingerprint density at radius 2 is 1.89 bits per heavy atom. The molecule has 2 aliphatic rings. The quantitative estimate of drug-likeness (QED) is 0.832. The summed E-state index contributed by atoms with van der Waals surface area (Å²) in [7, 11) is -3.61. The summed E-state index contributed by atoms with van der Waals surface area (Å²) in [6.07, 6.45) is 3.51. The molecule has 2 fully saturated rings. The molecule has 2 atom stereocenters. The van der Waals surface area contributed by atoms with Gasteiger partial charge in [-0.3, -0.25) is 4.79 Å². The highest BCUT2D eigenvalue weighted by Crippen LogP contribution is 2.29. The number of hydrogen-bond donors (Lipinski definition) is 1. The van der Waals surface area contributed by atoms with Crippen LogP contribution in [0, 0.1) is 26.7 Å². The number of piperidine rings is 1. The van der Waals surface area contributed by atoms with Crippen LogP contribution in [0.2, 0.25) is 0 Å². The van der Waals surface area contributed by atoms with E-state index in [4.69, 9.17) is 4.74 Å². The minimum atomic E-state index is -3.61. The molecule has 0 unspecified atom stereocenters. The molecule has 0 bridgehead atoms. The van der Waals surface area contributed by atoms with E-state index < -0.39 is 10.0 Å². The van der Waals surface area contributed by atoms with Crippen LogP contribution in [-0.2, 0) is 19.6 Å². The van der Waals surface area contributed by atoms with Crippen molar-refractivity contribution < 1.29 is 17.9 Å². The maximum absolute atomic E-state index is 13.2. The van der Waals surface area contributed by atoms with Crippen LogP contribution in [0.5, 0.6) is 0 Å². The fourth-order valence-electron chi connectivity index (χ4n) is 4.24. The van der Waals surface area contributed by atoms with Crippen LogP contribution < -0.4 is 5.32 Å². The van der Waals surface area contributed by atoms with E-state index in [2.05, 4.69) is 5.32 Å². The predicted octanol–water partition coefficient (Wildman–Crippen LogP) is 2.31. The van der Waals surface area contributed by atoms with Gasteiger partial charge in [0.2, 0.25) is 15.9 Å². The minimum Gasteiger partial charge on any atom is -0.376 e. The van der Waals surface area contributed by atoms with Crippen LogP contribution in [0.3, 0.4) is 0 Å². The molecule has 2 aliphatic heterocycles. The van der Waals surface area contributed by atoms with Crippen molar-refractivity contribution in [3.05, 3.63) is 28.8 Å². The third-order valence-electron chi connectivity index (χ3n) is 5.49. The highest BCUT2D eigenvalue weighted by molar-refractivity contribution is 7.89. The van der Waals surface area contributed by atoms with Crippen LogP contribution in [0.15, 0.2) is 17.0 Å². The highest BCUT2D eigenvalue weighted by Gasteiger charge is 2.35. The Bertz CT molecular complexity index is 777. The fourth-order valence-corrected chi connectivity index (χ4v) is 6.18. The van der Waals surface area contributed by atoms with Crippen molar-refractivity contribution in [2.45, 2.75) is 57.5 Å². The van der Waals surface area contributed by atoms with E-state index in [-0.39, 0.29) is 24.5 Å². The van der Waals surface area contributed by atoms with Crippen molar-refractivity contribution in [1.29, 1.82) is 0 Å². The van der Waals surface area contributed by atoms with Gasteiger partial charge in [-0.25, -0.2) is 8.42 Å².